The van der Waals surface area contributed by atoms with Gasteiger partial charge < -0.3 is 11.6 Å². The van der Waals surface area contributed by atoms with Crippen molar-refractivity contribution in [2.45, 2.75) is 25.7 Å². The van der Waals surface area contributed by atoms with Gasteiger partial charge in [0.2, 0.25) is 0 Å². The number of nitrogens with zero attached hydrogens (tertiary/aromatic N) is 2. The van der Waals surface area contributed by atoms with Crippen molar-refractivity contribution in [1.29, 1.82) is 0 Å². The highest BCUT2D eigenvalue weighted by molar-refractivity contribution is 5.42. The third-order valence-electron chi connectivity index (χ3n) is 2.12. The van der Waals surface area contributed by atoms with Gasteiger partial charge in [-0.3, -0.25) is 0 Å². The van der Waals surface area contributed by atoms with Crippen molar-refractivity contribution < 1.29 is 0 Å². The largest absolute Gasteiger partial charge is 0.382 e. The van der Waals surface area contributed by atoms with Gasteiger partial charge in [0.1, 0.15) is 11.6 Å². The molecule has 11 heavy (non-hydrogen) atoms. The van der Waals surface area contributed by atoms with Crippen LogP contribution in [0, 0.1) is 6.92 Å². The zero-order valence-electron chi connectivity index (χ0n) is 6.54. The van der Waals surface area contributed by atoms with E-state index in [9.17, 15) is 0 Å². The Bertz CT molecular complexity index is 285. The highest BCUT2D eigenvalue weighted by Gasteiger charge is 2.29. The number of nitrogens with two attached hydrogens (primary N) is 2. The van der Waals surface area contributed by atoms with Gasteiger partial charge in [-0.05, 0) is 19.8 Å². The molecule has 1 fully saturated rings. The molecule has 60 valence electrons. The van der Waals surface area contributed by atoms with Crippen LogP contribution in [0.5, 0.6) is 0 Å². The van der Waals surface area contributed by atoms with Crippen LogP contribution < -0.4 is 11.6 Å². The molecular formula is C7H12N4. The van der Waals surface area contributed by atoms with Crippen molar-refractivity contribution in [2.24, 2.45) is 0 Å². The molecule has 1 aliphatic rings. The first-order valence-electron chi connectivity index (χ1n) is 3.80. The highest BCUT2D eigenvalue weighted by atomic mass is 15.4. The first-order chi connectivity index (χ1) is 5.20. The summed E-state index contributed by atoms with van der Waals surface area (Å²) in [5.74, 6) is 7.60. The van der Waals surface area contributed by atoms with Gasteiger partial charge >= 0.3 is 0 Å². The number of nitrogen functional groups attached to an aromatic ring is 2. The van der Waals surface area contributed by atoms with Gasteiger partial charge in [-0.15, -0.1) is 0 Å². The first kappa shape index (κ1) is 6.52. The Hall–Kier alpha value is -1.19. The van der Waals surface area contributed by atoms with Crippen molar-refractivity contribution in [3.05, 3.63) is 11.5 Å². The predicted octanol–water partition coefficient (Wildman–Crippen LogP) is 0.365. The van der Waals surface area contributed by atoms with Gasteiger partial charge in [0.25, 0.3) is 0 Å². The summed E-state index contributed by atoms with van der Waals surface area (Å²) in [5.41, 5.74) is 6.71. The number of aromatic nitrogens is 2. The van der Waals surface area contributed by atoms with E-state index in [0.29, 0.717) is 11.7 Å². The molecule has 1 heterocycles. The summed E-state index contributed by atoms with van der Waals surface area (Å²) in [6, 6.07) is 0. The Morgan fingerprint density at radius 3 is 2.55 bits per heavy atom. The molecule has 0 radical (unpaired) electrons. The molecule has 0 atom stereocenters. The molecule has 0 saturated heterocycles. The number of imidazole rings is 1. The van der Waals surface area contributed by atoms with Gasteiger partial charge in [-0.1, -0.05) is 0 Å². The van der Waals surface area contributed by atoms with Crippen LogP contribution in [0.1, 0.15) is 30.3 Å². The minimum Gasteiger partial charge on any atom is -0.382 e. The van der Waals surface area contributed by atoms with Crippen molar-refractivity contribution in [3.8, 4) is 0 Å². The van der Waals surface area contributed by atoms with Crippen LogP contribution >= 0.6 is 0 Å². The van der Waals surface area contributed by atoms with E-state index < -0.39 is 0 Å². The average Bonchev–Trinajstić information content (AvgIpc) is 2.76. The van der Waals surface area contributed by atoms with Gasteiger partial charge in [0, 0.05) is 5.92 Å². The molecule has 2 rings (SSSR count). The van der Waals surface area contributed by atoms with Crippen LogP contribution in [0.15, 0.2) is 0 Å². The quantitative estimate of drug-likeness (QED) is 0.571. The van der Waals surface area contributed by atoms with Crippen LogP contribution in [-0.2, 0) is 0 Å². The summed E-state index contributed by atoms with van der Waals surface area (Å²) >= 11 is 0. The number of rotatable bonds is 1. The molecule has 1 aliphatic carbocycles. The number of aryl methyl sites for hydroxylation is 1. The molecule has 1 aromatic rings. The Balaban J connectivity index is 2.46. The normalized spacial score (nSPS) is 17.2. The minimum absolute atomic E-state index is 0.582. The molecule has 0 aromatic carbocycles. The lowest BCUT2D eigenvalue weighted by atomic mass is 10.3. The SMILES string of the molecule is Cc1nc(C2CC2)c(N)n1N. The molecule has 0 unspecified atom stereocenters. The topological polar surface area (TPSA) is 69.9 Å². The molecule has 1 aromatic heterocycles. The second-order valence-corrected chi connectivity index (χ2v) is 3.07. The molecule has 0 amide bonds. The van der Waals surface area contributed by atoms with Crippen LogP contribution in [-0.4, -0.2) is 9.66 Å². The van der Waals surface area contributed by atoms with E-state index in [-0.39, 0.29) is 0 Å². The Labute approximate surface area is 65.2 Å². The maximum Gasteiger partial charge on any atom is 0.146 e. The lowest BCUT2D eigenvalue weighted by molar-refractivity contribution is 0.935. The molecule has 4 nitrogen and oxygen atoms in total. The van der Waals surface area contributed by atoms with Crippen LogP contribution in [0.4, 0.5) is 5.82 Å². The summed E-state index contributed by atoms with van der Waals surface area (Å²) in [6.07, 6.45) is 2.42. The average molecular weight is 152 g/mol. The molecule has 4 N–H and O–H groups in total. The summed E-state index contributed by atoms with van der Waals surface area (Å²) < 4.78 is 1.45. The van der Waals surface area contributed by atoms with E-state index in [2.05, 4.69) is 4.98 Å². The fourth-order valence-corrected chi connectivity index (χ4v) is 1.24. The summed E-state index contributed by atoms with van der Waals surface area (Å²) in [6.45, 7) is 1.86. The Kier molecular flexibility index (Phi) is 1.13. The Morgan fingerprint density at radius 1 is 1.55 bits per heavy atom. The summed E-state index contributed by atoms with van der Waals surface area (Å²) in [4.78, 5) is 4.28. The van der Waals surface area contributed by atoms with E-state index in [1.54, 1.807) is 0 Å². The van der Waals surface area contributed by atoms with Crippen molar-refractivity contribution in [3.63, 3.8) is 0 Å². The summed E-state index contributed by atoms with van der Waals surface area (Å²) in [5, 5.41) is 0. The van der Waals surface area contributed by atoms with E-state index in [4.69, 9.17) is 11.6 Å². The van der Waals surface area contributed by atoms with E-state index in [0.717, 1.165) is 11.5 Å². The lowest BCUT2D eigenvalue weighted by Crippen LogP contribution is -2.13. The van der Waals surface area contributed by atoms with Crippen LogP contribution in [0.3, 0.4) is 0 Å². The van der Waals surface area contributed by atoms with Crippen molar-refractivity contribution in [1.82, 2.24) is 9.66 Å². The second-order valence-electron chi connectivity index (χ2n) is 3.07. The number of hydrogen-bond acceptors (Lipinski definition) is 3. The lowest BCUT2D eigenvalue weighted by Gasteiger charge is -1.96. The minimum atomic E-state index is 0.582. The molecule has 1 saturated carbocycles. The smallest absolute Gasteiger partial charge is 0.146 e. The van der Waals surface area contributed by atoms with E-state index in [1.807, 2.05) is 6.92 Å². The highest BCUT2D eigenvalue weighted by Crippen LogP contribution is 2.41. The van der Waals surface area contributed by atoms with Gasteiger partial charge in [0.05, 0.1) is 5.69 Å². The molecule has 4 heteroatoms. The summed E-state index contributed by atoms with van der Waals surface area (Å²) in [7, 11) is 0. The molecule has 0 bridgehead atoms. The third-order valence-corrected chi connectivity index (χ3v) is 2.12. The predicted molar refractivity (Wildman–Crippen MR) is 43.5 cm³/mol. The van der Waals surface area contributed by atoms with Crippen LogP contribution in [0.2, 0.25) is 0 Å². The van der Waals surface area contributed by atoms with Crippen LogP contribution in [0.25, 0.3) is 0 Å². The monoisotopic (exact) mass is 152 g/mol. The molecule has 0 aliphatic heterocycles. The number of hydrogen-bond donors (Lipinski definition) is 2. The number of anilines is 1. The van der Waals surface area contributed by atoms with Crippen molar-refractivity contribution in [2.75, 3.05) is 11.6 Å². The fourth-order valence-electron chi connectivity index (χ4n) is 1.24. The second kappa shape index (κ2) is 1.90. The molecular weight excluding hydrogens is 140 g/mol. The first-order valence-corrected chi connectivity index (χ1v) is 3.80. The van der Waals surface area contributed by atoms with Crippen molar-refractivity contribution >= 4 is 5.82 Å². The van der Waals surface area contributed by atoms with Gasteiger partial charge in [0.15, 0.2) is 0 Å². The van der Waals surface area contributed by atoms with E-state index in [1.165, 1.54) is 17.5 Å². The fraction of sp³-hybridized carbons (Fsp3) is 0.571. The zero-order chi connectivity index (χ0) is 8.01. The standard InChI is InChI=1S/C7H12N4/c1-4-10-6(5-2-3-5)7(8)11(4)9/h5H,2-3,8-9H2,1H3. The molecule has 0 spiro atoms. The van der Waals surface area contributed by atoms with E-state index >= 15 is 0 Å². The maximum absolute atomic E-state index is 5.72. The van der Waals surface area contributed by atoms with Gasteiger partial charge in [-0.25, -0.2) is 9.66 Å². The Morgan fingerprint density at radius 2 is 2.18 bits per heavy atom. The third kappa shape index (κ3) is 0.859. The maximum atomic E-state index is 5.72. The zero-order valence-corrected chi connectivity index (χ0v) is 6.54. The van der Waals surface area contributed by atoms with Gasteiger partial charge in [-0.2, -0.15) is 0 Å².